The molecule has 0 aromatic rings. The molecule has 1 N–H and O–H groups in total. The molecular formula is C9H18ClN. The molecule has 2 heteroatoms. The van der Waals surface area contributed by atoms with Crippen LogP contribution in [-0.4, -0.2) is 18.5 Å². The van der Waals surface area contributed by atoms with Crippen LogP contribution in [0, 0.1) is 5.92 Å². The fourth-order valence-electron chi connectivity index (χ4n) is 1.21. The number of hydrogen-bond donors (Lipinski definition) is 1. The van der Waals surface area contributed by atoms with E-state index in [1.807, 2.05) is 0 Å². The molecule has 0 spiro atoms. The van der Waals surface area contributed by atoms with Crippen LogP contribution in [0.3, 0.4) is 0 Å². The molecule has 0 saturated heterocycles. The van der Waals surface area contributed by atoms with Gasteiger partial charge in [0.25, 0.3) is 0 Å². The first-order valence-corrected chi connectivity index (χ1v) is 5.19. The highest BCUT2D eigenvalue weighted by atomic mass is 35.5. The normalized spacial score (nSPS) is 20.2. The standard InChI is InChI=1S/C9H18ClN/c1-2-9(7-10)11-6-5-8-3-4-8/h8-9,11H,2-7H2,1H3. The van der Waals surface area contributed by atoms with Crippen LogP contribution in [-0.2, 0) is 0 Å². The van der Waals surface area contributed by atoms with Gasteiger partial charge in [0.2, 0.25) is 0 Å². The summed E-state index contributed by atoms with van der Waals surface area (Å²) in [6.07, 6.45) is 5.42. The van der Waals surface area contributed by atoms with E-state index in [1.165, 1.54) is 19.3 Å². The quantitative estimate of drug-likeness (QED) is 0.612. The van der Waals surface area contributed by atoms with Gasteiger partial charge in [-0.2, -0.15) is 0 Å². The van der Waals surface area contributed by atoms with Gasteiger partial charge in [0.1, 0.15) is 0 Å². The van der Waals surface area contributed by atoms with Crippen molar-refractivity contribution in [1.29, 1.82) is 0 Å². The maximum absolute atomic E-state index is 5.74. The second kappa shape index (κ2) is 5.00. The van der Waals surface area contributed by atoms with Crippen LogP contribution < -0.4 is 5.32 Å². The van der Waals surface area contributed by atoms with E-state index in [1.54, 1.807) is 0 Å². The Balaban J connectivity index is 1.90. The van der Waals surface area contributed by atoms with Gasteiger partial charge in [0.15, 0.2) is 0 Å². The lowest BCUT2D eigenvalue weighted by Gasteiger charge is -2.12. The van der Waals surface area contributed by atoms with E-state index in [9.17, 15) is 0 Å². The molecule has 1 atom stereocenters. The molecule has 1 saturated carbocycles. The van der Waals surface area contributed by atoms with Crippen LogP contribution in [0.15, 0.2) is 0 Å². The fraction of sp³-hybridized carbons (Fsp3) is 1.00. The average Bonchev–Trinajstić information content (AvgIpc) is 2.82. The summed E-state index contributed by atoms with van der Waals surface area (Å²) in [5.41, 5.74) is 0. The van der Waals surface area contributed by atoms with E-state index in [-0.39, 0.29) is 0 Å². The van der Waals surface area contributed by atoms with Gasteiger partial charge in [-0.1, -0.05) is 19.8 Å². The number of rotatable bonds is 6. The van der Waals surface area contributed by atoms with Gasteiger partial charge >= 0.3 is 0 Å². The zero-order chi connectivity index (χ0) is 8.10. The summed E-state index contributed by atoms with van der Waals surface area (Å²) in [5.74, 6) is 1.79. The topological polar surface area (TPSA) is 12.0 Å². The maximum atomic E-state index is 5.74. The number of alkyl halides is 1. The molecule has 0 amide bonds. The van der Waals surface area contributed by atoms with Crippen molar-refractivity contribution in [2.24, 2.45) is 5.92 Å². The van der Waals surface area contributed by atoms with E-state index < -0.39 is 0 Å². The summed E-state index contributed by atoms with van der Waals surface area (Å²) in [5, 5.41) is 3.46. The van der Waals surface area contributed by atoms with Crippen molar-refractivity contribution < 1.29 is 0 Å². The number of nitrogens with one attached hydrogen (secondary N) is 1. The van der Waals surface area contributed by atoms with Crippen molar-refractivity contribution in [3.63, 3.8) is 0 Å². The first-order valence-electron chi connectivity index (χ1n) is 4.66. The summed E-state index contributed by atoms with van der Waals surface area (Å²) in [6.45, 7) is 3.34. The van der Waals surface area contributed by atoms with Crippen molar-refractivity contribution >= 4 is 11.6 Å². The highest BCUT2D eigenvalue weighted by Crippen LogP contribution is 2.31. The summed E-state index contributed by atoms with van der Waals surface area (Å²) >= 11 is 5.74. The molecule has 0 aromatic carbocycles. The zero-order valence-corrected chi connectivity index (χ0v) is 8.03. The first kappa shape index (κ1) is 9.34. The Bertz CT molecular complexity index is 97.7. The van der Waals surface area contributed by atoms with Gasteiger partial charge in [-0.25, -0.2) is 0 Å². The molecule has 0 aliphatic heterocycles. The third-order valence-corrected chi connectivity index (χ3v) is 2.73. The molecular weight excluding hydrogens is 158 g/mol. The van der Waals surface area contributed by atoms with Crippen LogP contribution in [0.1, 0.15) is 32.6 Å². The molecule has 0 aromatic heterocycles. The largest absolute Gasteiger partial charge is 0.313 e. The van der Waals surface area contributed by atoms with Crippen LogP contribution in [0.25, 0.3) is 0 Å². The third kappa shape index (κ3) is 3.97. The Labute approximate surface area is 74.5 Å². The smallest absolute Gasteiger partial charge is 0.0377 e. The minimum Gasteiger partial charge on any atom is -0.313 e. The molecule has 1 unspecified atom stereocenters. The molecule has 1 nitrogen and oxygen atoms in total. The molecule has 0 heterocycles. The lowest BCUT2D eigenvalue weighted by atomic mass is 10.2. The van der Waals surface area contributed by atoms with E-state index in [0.717, 1.165) is 24.8 Å². The molecule has 0 bridgehead atoms. The first-order chi connectivity index (χ1) is 5.36. The number of hydrogen-bond acceptors (Lipinski definition) is 1. The second-order valence-corrected chi connectivity index (χ2v) is 3.75. The highest BCUT2D eigenvalue weighted by Gasteiger charge is 2.20. The van der Waals surface area contributed by atoms with Crippen molar-refractivity contribution in [3.05, 3.63) is 0 Å². The lowest BCUT2D eigenvalue weighted by Crippen LogP contribution is -2.30. The third-order valence-electron chi connectivity index (χ3n) is 2.36. The van der Waals surface area contributed by atoms with Crippen molar-refractivity contribution in [2.45, 2.75) is 38.6 Å². The summed E-state index contributed by atoms with van der Waals surface area (Å²) < 4.78 is 0. The van der Waals surface area contributed by atoms with Crippen LogP contribution in [0.2, 0.25) is 0 Å². The predicted octanol–water partition coefficient (Wildman–Crippen LogP) is 2.39. The minimum atomic E-state index is 0.537. The van der Waals surface area contributed by atoms with E-state index in [2.05, 4.69) is 12.2 Å². The Kier molecular flexibility index (Phi) is 4.24. The molecule has 1 rings (SSSR count). The Morgan fingerprint density at radius 1 is 1.55 bits per heavy atom. The Hall–Kier alpha value is 0.250. The van der Waals surface area contributed by atoms with Crippen molar-refractivity contribution in [2.75, 3.05) is 12.4 Å². The molecule has 1 fully saturated rings. The molecule has 0 radical (unpaired) electrons. The van der Waals surface area contributed by atoms with Crippen molar-refractivity contribution in [3.8, 4) is 0 Å². The Morgan fingerprint density at radius 2 is 2.27 bits per heavy atom. The van der Waals surface area contributed by atoms with Gasteiger partial charge in [0, 0.05) is 11.9 Å². The number of halogens is 1. The average molecular weight is 176 g/mol. The summed E-state index contributed by atoms with van der Waals surface area (Å²) in [4.78, 5) is 0. The van der Waals surface area contributed by atoms with Gasteiger partial charge < -0.3 is 5.32 Å². The highest BCUT2D eigenvalue weighted by molar-refractivity contribution is 6.18. The monoisotopic (exact) mass is 175 g/mol. The second-order valence-electron chi connectivity index (χ2n) is 3.45. The van der Waals surface area contributed by atoms with Crippen molar-refractivity contribution in [1.82, 2.24) is 5.32 Å². The predicted molar refractivity (Wildman–Crippen MR) is 50.1 cm³/mol. The molecule has 11 heavy (non-hydrogen) atoms. The van der Waals surface area contributed by atoms with E-state index >= 15 is 0 Å². The Morgan fingerprint density at radius 3 is 2.73 bits per heavy atom. The van der Waals surface area contributed by atoms with E-state index in [0.29, 0.717) is 6.04 Å². The maximum Gasteiger partial charge on any atom is 0.0377 e. The van der Waals surface area contributed by atoms with Gasteiger partial charge in [-0.05, 0) is 25.3 Å². The molecule has 66 valence electrons. The molecule has 1 aliphatic rings. The zero-order valence-electron chi connectivity index (χ0n) is 7.28. The van der Waals surface area contributed by atoms with E-state index in [4.69, 9.17) is 11.6 Å². The van der Waals surface area contributed by atoms with Crippen LogP contribution >= 0.6 is 11.6 Å². The van der Waals surface area contributed by atoms with Crippen LogP contribution in [0.4, 0.5) is 0 Å². The molecule has 1 aliphatic carbocycles. The SMILES string of the molecule is CCC(CCl)NCCC1CC1. The summed E-state index contributed by atoms with van der Waals surface area (Å²) in [6, 6.07) is 0.537. The van der Waals surface area contributed by atoms with Gasteiger partial charge in [-0.15, -0.1) is 11.6 Å². The lowest BCUT2D eigenvalue weighted by molar-refractivity contribution is 0.514. The van der Waals surface area contributed by atoms with Crippen LogP contribution in [0.5, 0.6) is 0 Å². The van der Waals surface area contributed by atoms with Gasteiger partial charge in [0.05, 0.1) is 0 Å². The fourth-order valence-corrected chi connectivity index (χ4v) is 1.53. The minimum absolute atomic E-state index is 0.537. The van der Waals surface area contributed by atoms with Gasteiger partial charge in [-0.3, -0.25) is 0 Å². The summed E-state index contributed by atoms with van der Waals surface area (Å²) in [7, 11) is 0.